The molecule has 0 amide bonds. The van der Waals surface area contributed by atoms with Gasteiger partial charge in [0.15, 0.2) is 0 Å². The average Bonchev–Trinajstić information content (AvgIpc) is 3.46. The molecule has 0 saturated carbocycles. The van der Waals surface area contributed by atoms with E-state index in [1.54, 1.807) is 18.2 Å². The number of nitrogens with two attached hydrogens (primary N) is 1. The number of alkyl halides is 3. The van der Waals surface area contributed by atoms with Crippen LogP contribution in [0.1, 0.15) is 24.5 Å². The molecule has 39 heavy (non-hydrogen) atoms. The highest BCUT2D eigenvalue weighted by atomic mass is 19.4. The van der Waals surface area contributed by atoms with Crippen LogP contribution in [0.15, 0.2) is 89.7 Å². The smallest absolute Gasteiger partial charge is 0.406 e. The molecule has 1 aliphatic heterocycles. The molecule has 1 saturated heterocycles. The third-order valence-corrected chi connectivity index (χ3v) is 6.61. The maximum atomic E-state index is 12.2. The molecule has 6 nitrogen and oxygen atoms in total. The maximum Gasteiger partial charge on any atom is 0.573 e. The van der Waals surface area contributed by atoms with Crippen molar-refractivity contribution in [1.29, 1.82) is 0 Å². The van der Waals surface area contributed by atoms with Gasteiger partial charge in [-0.1, -0.05) is 54.6 Å². The predicted molar refractivity (Wildman–Crippen MR) is 145 cm³/mol. The normalized spacial score (nSPS) is 15.2. The minimum atomic E-state index is -4.73. The fraction of sp³-hybridized carbons (Fsp3) is 0.200. The molecule has 0 unspecified atom stereocenters. The van der Waals surface area contributed by atoms with Crippen molar-refractivity contribution in [3.05, 3.63) is 101 Å². The number of hydrogen-bond acceptors (Lipinski definition) is 5. The van der Waals surface area contributed by atoms with E-state index < -0.39 is 6.36 Å². The number of anilines is 1. The van der Waals surface area contributed by atoms with Crippen LogP contribution in [0.2, 0.25) is 0 Å². The lowest BCUT2D eigenvalue weighted by Gasteiger charge is -2.10. The standard InChI is InChI=1S/C16H12F3N3O2.C14H14O/c1-22-14(23)12-7-4-10(8-13(12)21-15(22)20)9-2-5-11(6-3-9)24-16(17,18)19;1-2-5-12-10-13(8-7-11(12)4-1)14-6-3-9-15-14/h2-8H,1H3,(H2,20,21);1-2,4-5,7-8,10,14H,3,6,9H2/t;14-/m.0/s1. The largest absolute Gasteiger partial charge is 0.573 e. The quantitative estimate of drug-likeness (QED) is 0.277. The molecule has 9 heteroatoms. The van der Waals surface area contributed by atoms with Gasteiger partial charge in [0.05, 0.1) is 17.0 Å². The van der Waals surface area contributed by atoms with Crippen LogP contribution >= 0.6 is 0 Å². The van der Waals surface area contributed by atoms with Crippen molar-refractivity contribution in [3.63, 3.8) is 0 Å². The van der Waals surface area contributed by atoms with Gasteiger partial charge in [0.2, 0.25) is 5.95 Å². The number of halogens is 3. The number of nitrogen functional groups attached to an aromatic ring is 1. The highest BCUT2D eigenvalue weighted by Gasteiger charge is 2.31. The van der Waals surface area contributed by atoms with Gasteiger partial charge < -0.3 is 15.2 Å². The summed E-state index contributed by atoms with van der Waals surface area (Å²) in [5, 5.41) is 3.03. The Labute approximate surface area is 222 Å². The first-order valence-electron chi connectivity index (χ1n) is 12.4. The maximum absolute atomic E-state index is 12.2. The highest BCUT2D eigenvalue weighted by Crippen LogP contribution is 2.30. The Morgan fingerprint density at radius 3 is 2.36 bits per heavy atom. The van der Waals surface area contributed by atoms with Crippen molar-refractivity contribution < 1.29 is 22.6 Å². The zero-order valence-electron chi connectivity index (χ0n) is 21.1. The van der Waals surface area contributed by atoms with Gasteiger partial charge in [-0.3, -0.25) is 9.36 Å². The first kappa shape index (κ1) is 26.2. The Morgan fingerprint density at radius 1 is 0.949 bits per heavy atom. The van der Waals surface area contributed by atoms with Crippen LogP contribution in [0, 0.1) is 0 Å². The van der Waals surface area contributed by atoms with Crippen molar-refractivity contribution >= 4 is 27.6 Å². The highest BCUT2D eigenvalue weighted by molar-refractivity contribution is 5.84. The van der Waals surface area contributed by atoms with E-state index in [-0.39, 0.29) is 17.3 Å². The predicted octanol–water partition coefficient (Wildman–Crippen LogP) is 6.77. The molecule has 0 radical (unpaired) electrons. The lowest BCUT2D eigenvalue weighted by molar-refractivity contribution is -0.274. The number of fused-ring (bicyclic) bond motifs is 2. The molecule has 0 aliphatic carbocycles. The summed E-state index contributed by atoms with van der Waals surface area (Å²) >= 11 is 0. The molecule has 0 bridgehead atoms. The summed E-state index contributed by atoms with van der Waals surface area (Å²) in [7, 11) is 1.53. The molecule has 0 spiro atoms. The Hall–Kier alpha value is -4.37. The number of nitrogens with zero attached hydrogens (tertiary/aromatic N) is 2. The summed E-state index contributed by atoms with van der Waals surface area (Å²) in [5.74, 6) is -0.221. The number of hydrogen-bond donors (Lipinski definition) is 1. The van der Waals surface area contributed by atoms with Crippen LogP contribution in [0.4, 0.5) is 19.1 Å². The molecule has 1 aliphatic rings. The first-order chi connectivity index (χ1) is 18.7. The number of rotatable bonds is 3. The minimum absolute atomic E-state index is 0.0820. The summed E-state index contributed by atoms with van der Waals surface area (Å²) in [4.78, 5) is 16.2. The molecule has 200 valence electrons. The second kappa shape index (κ2) is 10.8. The van der Waals surface area contributed by atoms with Gasteiger partial charge in [-0.15, -0.1) is 13.2 Å². The monoisotopic (exact) mass is 533 g/mol. The van der Waals surface area contributed by atoms with Gasteiger partial charge in [0.1, 0.15) is 5.75 Å². The minimum Gasteiger partial charge on any atom is -0.406 e. The Bertz CT molecular complexity index is 1680. The average molecular weight is 534 g/mol. The van der Waals surface area contributed by atoms with Crippen LogP contribution in [0.5, 0.6) is 5.75 Å². The zero-order chi connectivity index (χ0) is 27.6. The second-order valence-corrected chi connectivity index (χ2v) is 9.25. The molecule has 4 aromatic carbocycles. The zero-order valence-corrected chi connectivity index (χ0v) is 21.1. The fourth-order valence-corrected chi connectivity index (χ4v) is 4.57. The van der Waals surface area contributed by atoms with Gasteiger partial charge >= 0.3 is 6.36 Å². The molecule has 2 heterocycles. The van der Waals surface area contributed by atoms with E-state index in [2.05, 4.69) is 52.2 Å². The van der Waals surface area contributed by atoms with Gasteiger partial charge in [-0.2, -0.15) is 0 Å². The lowest BCUT2D eigenvalue weighted by Crippen LogP contribution is -2.21. The van der Waals surface area contributed by atoms with Crippen LogP contribution in [-0.2, 0) is 11.8 Å². The van der Waals surface area contributed by atoms with Gasteiger partial charge in [-0.25, -0.2) is 4.98 Å². The van der Waals surface area contributed by atoms with E-state index in [4.69, 9.17) is 10.5 Å². The molecule has 1 atom stereocenters. The van der Waals surface area contributed by atoms with Crippen molar-refractivity contribution in [3.8, 4) is 16.9 Å². The first-order valence-corrected chi connectivity index (χ1v) is 12.4. The molecule has 1 fully saturated rings. The summed E-state index contributed by atoms with van der Waals surface area (Å²) in [6, 6.07) is 25.5. The molecule has 5 aromatic rings. The van der Waals surface area contributed by atoms with E-state index in [0.717, 1.165) is 6.61 Å². The van der Waals surface area contributed by atoms with Crippen molar-refractivity contribution in [2.45, 2.75) is 25.3 Å². The van der Waals surface area contributed by atoms with Crippen LogP contribution in [0.3, 0.4) is 0 Å². The molecule has 1 aromatic heterocycles. The number of aromatic nitrogens is 2. The van der Waals surface area contributed by atoms with Crippen molar-refractivity contribution in [1.82, 2.24) is 9.55 Å². The van der Waals surface area contributed by atoms with E-state index in [9.17, 15) is 18.0 Å². The molecule has 2 N–H and O–H groups in total. The fourth-order valence-electron chi connectivity index (χ4n) is 4.57. The van der Waals surface area contributed by atoms with E-state index in [1.807, 2.05) is 0 Å². The Balaban J connectivity index is 0.000000175. The summed E-state index contributed by atoms with van der Waals surface area (Å²) in [5.41, 5.74) is 8.52. The summed E-state index contributed by atoms with van der Waals surface area (Å²) < 4.78 is 47.3. The number of ether oxygens (including phenoxy) is 2. The third kappa shape index (κ3) is 6.04. The molecular weight excluding hydrogens is 507 g/mol. The van der Waals surface area contributed by atoms with Gasteiger partial charge in [0.25, 0.3) is 5.56 Å². The van der Waals surface area contributed by atoms with E-state index >= 15 is 0 Å². The van der Waals surface area contributed by atoms with E-state index in [1.165, 1.54) is 65.1 Å². The Kier molecular flexibility index (Phi) is 7.26. The van der Waals surface area contributed by atoms with Crippen LogP contribution in [0.25, 0.3) is 32.8 Å². The number of benzene rings is 4. The van der Waals surface area contributed by atoms with Crippen LogP contribution < -0.4 is 16.0 Å². The molecular formula is C30H26F3N3O3. The summed E-state index contributed by atoms with van der Waals surface area (Å²) in [6.45, 7) is 0.914. The Morgan fingerprint density at radius 2 is 1.67 bits per heavy atom. The molecule has 6 rings (SSSR count). The van der Waals surface area contributed by atoms with Gasteiger partial charge in [0, 0.05) is 13.7 Å². The lowest BCUT2D eigenvalue weighted by atomic mass is 10.0. The van der Waals surface area contributed by atoms with Gasteiger partial charge in [-0.05, 0) is 70.6 Å². The van der Waals surface area contributed by atoms with E-state index in [0.29, 0.717) is 28.1 Å². The topological polar surface area (TPSA) is 79.4 Å². The van der Waals surface area contributed by atoms with Crippen molar-refractivity contribution in [2.24, 2.45) is 7.05 Å². The SMILES string of the molecule is Cn1c(N)nc2cc(-c3ccc(OC(F)(F)F)cc3)ccc2c1=O.c1ccc2cc([C@@H]3CCCO3)ccc2c1. The van der Waals surface area contributed by atoms with Crippen molar-refractivity contribution in [2.75, 3.05) is 12.3 Å². The second-order valence-electron chi connectivity index (χ2n) is 9.25. The summed E-state index contributed by atoms with van der Waals surface area (Å²) in [6.07, 6.45) is -2.04. The third-order valence-electron chi connectivity index (χ3n) is 6.61. The van der Waals surface area contributed by atoms with Crippen LogP contribution in [-0.4, -0.2) is 22.5 Å².